The highest BCUT2D eigenvalue weighted by Crippen LogP contribution is 2.53. The van der Waals surface area contributed by atoms with Crippen molar-refractivity contribution in [1.29, 1.82) is 0 Å². The fourth-order valence-corrected chi connectivity index (χ4v) is 6.31. The smallest absolute Gasteiger partial charge is 0.141 e. The van der Waals surface area contributed by atoms with Gasteiger partial charge in [-0.05, 0) is 29.7 Å². The summed E-state index contributed by atoms with van der Waals surface area (Å²) >= 11 is 1.69. The van der Waals surface area contributed by atoms with Crippen molar-refractivity contribution in [3.05, 3.63) is 42.0 Å². The largest absolute Gasteiger partial charge is 0.380 e. The van der Waals surface area contributed by atoms with Crippen LogP contribution < -0.4 is 4.90 Å². The zero-order chi connectivity index (χ0) is 20.8. The molecule has 3 aliphatic rings. The van der Waals surface area contributed by atoms with Crippen molar-refractivity contribution < 1.29 is 9.13 Å². The van der Waals surface area contributed by atoms with Crippen LogP contribution in [0.1, 0.15) is 6.42 Å². The van der Waals surface area contributed by atoms with E-state index in [4.69, 9.17) is 9.72 Å². The highest BCUT2D eigenvalue weighted by Gasteiger charge is 2.56. The Hall–Kier alpha value is -2.09. The van der Waals surface area contributed by atoms with Crippen LogP contribution in [0.4, 0.5) is 10.2 Å². The summed E-state index contributed by atoms with van der Waals surface area (Å²) < 4.78 is 19.2. The van der Waals surface area contributed by atoms with Gasteiger partial charge in [-0.3, -0.25) is 4.90 Å². The van der Waals surface area contributed by atoms with Crippen LogP contribution in [0.2, 0.25) is 0 Å². The average Bonchev–Trinajstić information content (AvgIpc) is 3.25. The van der Waals surface area contributed by atoms with Crippen LogP contribution in [0.5, 0.6) is 0 Å². The summed E-state index contributed by atoms with van der Waals surface area (Å²) in [5, 5.41) is 3.39. The molecule has 0 radical (unpaired) electrons. The number of likely N-dealkylation sites (tertiary alicyclic amines) is 1. The molecule has 0 N–H and O–H groups in total. The number of nitrogens with zero attached hydrogens (tertiary/aromatic N) is 4. The summed E-state index contributed by atoms with van der Waals surface area (Å²) in [5.74, 6) is 3.14. The van der Waals surface area contributed by atoms with E-state index >= 15 is 0 Å². The minimum absolute atomic E-state index is 0.577. The molecule has 162 valence electrons. The number of benzene rings is 1. The summed E-state index contributed by atoms with van der Waals surface area (Å²) in [4.78, 5) is 14.9. The van der Waals surface area contributed by atoms with Gasteiger partial charge < -0.3 is 9.64 Å². The standard InChI is InChI=1S/C24H27FN4OS/c25-17-6-7-28(10-17)8-9-30-13-20-18-11-29(12-19(18)20)23-22-21(16-4-2-1-3-5-16)14-31-24(22)27-15-26-23/h1-5,14-15,17-20H,6-13H2/t17-,18?,19?,20?/m0/s1. The van der Waals surface area contributed by atoms with Crippen molar-refractivity contribution in [3.63, 3.8) is 0 Å². The fourth-order valence-electron chi connectivity index (χ4n) is 5.40. The van der Waals surface area contributed by atoms with Crippen LogP contribution in [-0.2, 0) is 4.74 Å². The van der Waals surface area contributed by atoms with Gasteiger partial charge in [0.2, 0.25) is 0 Å². The van der Waals surface area contributed by atoms with Gasteiger partial charge in [-0.15, -0.1) is 11.3 Å². The van der Waals surface area contributed by atoms with Crippen molar-refractivity contribution in [2.75, 3.05) is 50.8 Å². The predicted molar refractivity (Wildman–Crippen MR) is 122 cm³/mol. The number of anilines is 1. The Kier molecular flexibility index (Phi) is 5.13. The molecular formula is C24H27FN4OS. The van der Waals surface area contributed by atoms with E-state index in [-0.39, 0.29) is 0 Å². The normalized spacial score (nSPS) is 27.8. The Bertz CT molecular complexity index is 1050. The van der Waals surface area contributed by atoms with E-state index in [1.807, 2.05) is 0 Å². The molecule has 0 amide bonds. The highest BCUT2D eigenvalue weighted by atomic mass is 32.1. The van der Waals surface area contributed by atoms with Gasteiger partial charge in [0.05, 0.1) is 18.6 Å². The lowest BCUT2D eigenvalue weighted by molar-refractivity contribution is 0.0956. The van der Waals surface area contributed by atoms with Gasteiger partial charge >= 0.3 is 0 Å². The van der Waals surface area contributed by atoms with Crippen molar-refractivity contribution >= 4 is 27.4 Å². The highest BCUT2D eigenvalue weighted by molar-refractivity contribution is 7.17. The van der Waals surface area contributed by atoms with Gasteiger partial charge in [-0.1, -0.05) is 30.3 Å². The number of ether oxygens (including phenoxy) is 1. The molecule has 2 unspecified atom stereocenters. The van der Waals surface area contributed by atoms with Crippen molar-refractivity contribution in [2.45, 2.75) is 12.6 Å². The molecule has 2 aromatic heterocycles. The molecule has 0 spiro atoms. The van der Waals surface area contributed by atoms with Crippen LogP contribution >= 0.6 is 11.3 Å². The van der Waals surface area contributed by atoms with E-state index in [0.29, 0.717) is 37.3 Å². The molecule has 1 aliphatic carbocycles. The van der Waals surface area contributed by atoms with Gasteiger partial charge in [0.25, 0.3) is 0 Å². The van der Waals surface area contributed by atoms with E-state index in [2.05, 4.69) is 50.5 Å². The second-order valence-electron chi connectivity index (χ2n) is 9.05. The van der Waals surface area contributed by atoms with Gasteiger partial charge in [0, 0.05) is 43.7 Å². The lowest BCUT2D eigenvalue weighted by Crippen LogP contribution is -2.27. The van der Waals surface area contributed by atoms with Crippen molar-refractivity contribution in [1.82, 2.24) is 14.9 Å². The summed E-state index contributed by atoms with van der Waals surface area (Å²) in [7, 11) is 0. The monoisotopic (exact) mass is 438 g/mol. The molecule has 5 nitrogen and oxygen atoms in total. The van der Waals surface area contributed by atoms with Crippen LogP contribution in [0.3, 0.4) is 0 Å². The fraction of sp³-hybridized carbons (Fsp3) is 0.500. The van der Waals surface area contributed by atoms with Crippen molar-refractivity contribution in [2.24, 2.45) is 17.8 Å². The van der Waals surface area contributed by atoms with Gasteiger partial charge in [-0.2, -0.15) is 0 Å². The molecule has 1 aromatic carbocycles. The van der Waals surface area contributed by atoms with Crippen LogP contribution in [-0.4, -0.2) is 67.0 Å². The Morgan fingerprint density at radius 3 is 2.71 bits per heavy atom. The quantitative estimate of drug-likeness (QED) is 0.520. The number of thiophene rings is 1. The Labute approximate surface area is 185 Å². The molecule has 3 fully saturated rings. The number of hydrogen-bond donors (Lipinski definition) is 0. The molecule has 3 atom stereocenters. The zero-order valence-electron chi connectivity index (χ0n) is 17.5. The molecule has 31 heavy (non-hydrogen) atoms. The van der Waals surface area contributed by atoms with Crippen LogP contribution in [0, 0.1) is 17.8 Å². The molecule has 2 aliphatic heterocycles. The van der Waals surface area contributed by atoms with Gasteiger partial charge in [0.1, 0.15) is 23.1 Å². The summed E-state index contributed by atoms with van der Waals surface area (Å²) in [5.41, 5.74) is 2.45. The average molecular weight is 439 g/mol. The summed E-state index contributed by atoms with van der Waals surface area (Å²) in [6, 6.07) is 10.5. The third kappa shape index (κ3) is 3.73. The minimum Gasteiger partial charge on any atom is -0.380 e. The molecule has 4 heterocycles. The second-order valence-corrected chi connectivity index (χ2v) is 9.91. The number of hydrogen-bond acceptors (Lipinski definition) is 6. The lowest BCUT2D eigenvalue weighted by atomic mass is 10.1. The Morgan fingerprint density at radius 1 is 1.10 bits per heavy atom. The van der Waals surface area contributed by atoms with Gasteiger partial charge in [0.15, 0.2) is 0 Å². The zero-order valence-corrected chi connectivity index (χ0v) is 18.3. The molecule has 6 rings (SSSR count). The summed E-state index contributed by atoms with van der Waals surface area (Å²) in [6.07, 6.45) is 1.73. The summed E-state index contributed by atoms with van der Waals surface area (Å²) in [6.45, 7) is 5.95. The van der Waals surface area contributed by atoms with E-state index in [1.54, 1.807) is 17.7 Å². The molecule has 7 heteroatoms. The maximum atomic E-state index is 13.3. The van der Waals surface area contributed by atoms with Gasteiger partial charge in [-0.25, -0.2) is 14.4 Å². The van der Waals surface area contributed by atoms with E-state index in [1.165, 1.54) is 16.5 Å². The van der Waals surface area contributed by atoms with Crippen LogP contribution in [0.15, 0.2) is 42.0 Å². The minimum atomic E-state index is -0.646. The number of rotatable bonds is 7. The molecule has 3 aromatic rings. The maximum absolute atomic E-state index is 13.3. The van der Waals surface area contributed by atoms with Crippen LogP contribution in [0.25, 0.3) is 21.3 Å². The SMILES string of the molecule is F[C@H]1CCN(CCOCC2C3CN(c4ncnc5scc(-c6ccccc6)c45)CC23)C1. The van der Waals surface area contributed by atoms with E-state index < -0.39 is 6.17 Å². The van der Waals surface area contributed by atoms with Crippen molar-refractivity contribution in [3.8, 4) is 11.1 Å². The number of piperidine rings is 1. The number of fused-ring (bicyclic) bond motifs is 2. The predicted octanol–water partition coefficient (Wildman–Crippen LogP) is 4.10. The first-order valence-corrected chi connectivity index (χ1v) is 12.1. The molecule has 0 bridgehead atoms. The Morgan fingerprint density at radius 2 is 1.94 bits per heavy atom. The number of alkyl halides is 1. The molecule has 1 saturated carbocycles. The first-order chi connectivity index (χ1) is 15.3. The first-order valence-electron chi connectivity index (χ1n) is 11.2. The lowest BCUT2D eigenvalue weighted by Gasteiger charge is -2.22. The number of aromatic nitrogens is 2. The topological polar surface area (TPSA) is 41.5 Å². The third-order valence-electron chi connectivity index (χ3n) is 7.18. The van der Waals surface area contributed by atoms with E-state index in [0.717, 1.165) is 43.4 Å². The first kappa shape index (κ1) is 19.6. The maximum Gasteiger partial charge on any atom is 0.141 e. The molecule has 2 saturated heterocycles. The molecular weight excluding hydrogens is 411 g/mol. The third-order valence-corrected chi connectivity index (χ3v) is 8.07. The second kappa shape index (κ2) is 8.11. The Balaban J connectivity index is 1.08. The van der Waals surface area contributed by atoms with E-state index in [9.17, 15) is 4.39 Å². The number of halogens is 1.